The monoisotopic (exact) mass is 450 g/mol. The topological polar surface area (TPSA) is 71.6 Å². The number of carbonyl (C=O) groups excluding carboxylic acids is 2. The van der Waals surface area contributed by atoms with E-state index in [4.69, 9.17) is 11.6 Å². The second-order valence-electron chi connectivity index (χ2n) is 7.33. The van der Waals surface area contributed by atoms with E-state index in [1.165, 1.54) is 9.80 Å². The number of halogens is 4. The van der Waals surface area contributed by atoms with E-state index >= 15 is 0 Å². The third kappa shape index (κ3) is 2.78. The van der Waals surface area contributed by atoms with Gasteiger partial charge in [0, 0.05) is 29.9 Å². The average molecular weight is 451 g/mol. The fourth-order valence-electron chi connectivity index (χ4n) is 4.41. The van der Waals surface area contributed by atoms with E-state index in [1.54, 1.807) is 47.2 Å². The number of carbonyl (C=O) groups is 2. The van der Waals surface area contributed by atoms with E-state index < -0.39 is 29.0 Å². The summed E-state index contributed by atoms with van der Waals surface area (Å²) in [5.41, 5.74) is -2.43. The van der Waals surface area contributed by atoms with Gasteiger partial charge in [-0.15, -0.1) is 0 Å². The molecule has 1 aromatic carbocycles. The van der Waals surface area contributed by atoms with Crippen LogP contribution in [0, 0.1) is 0 Å². The summed E-state index contributed by atoms with van der Waals surface area (Å²) in [6.45, 7) is 0.354. The van der Waals surface area contributed by atoms with Crippen LogP contribution in [0.3, 0.4) is 0 Å². The van der Waals surface area contributed by atoms with Crippen LogP contribution in [0.4, 0.5) is 13.2 Å². The molecule has 3 aromatic rings. The predicted molar refractivity (Wildman–Crippen MR) is 101 cm³/mol. The Balaban J connectivity index is 1.68. The van der Waals surface area contributed by atoms with Crippen LogP contribution in [0.5, 0.6) is 0 Å². The number of fused-ring (bicyclic) bond motifs is 2. The second-order valence-corrected chi connectivity index (χ2v) is 7.77. The Morgan fingerprint density at radius 1 is 1.16 bits per heavy atom. The molecular formula is C20H14ClF3N4O3. The molecule has 11 heteroatoms. The van der Waals surface area contributed by atoms with Crippen LogP contribution in [0.15, 0.2) is 53.4 Å². The Kier molecular flexibility index (Phi) is 4.20. The summed E-state index contributed by atoms with van der Waals surface area (Å²) in [7, 11) is 0. The van der Waals surface area contributed by atoms with E-state index in [9.17, 15) is 22.8 Å². The second kappa shape index (κ2) is 6.61. The van der Waals surface area contributed by atoms with Crippen molar-refractivity contribution in [3.63, 3.8) is 0 Å². The summed E-state index contributed by atoms with van der Waals surface area (Å²) < 4.78 is 46.3. The zero-order valence-corrected chi connectivity index (χ0v) is 16.5. The van der Waals surface area contributed by atoms with Crippen molar-refractivity contribution in [3.05, 3.63) is 76.4 Å². The van der Waals surface area contributed by atoms with Gasteiger partial charge in [-0.1, -0.05) is 28.9 Å². The highest BCUT2D eigenvalue weighted by molar-refractivity contribution is 6.30. The number of benzene rings is 1. The fraction of sp³-hybridized carbons (Fsp3) is 0.250. The summed E-state index contributed by atoms with van der Waals surface area (Å²) in [4.78, 5) is 29.4. The van der Waals surface area contributed by atoms with Gasteiger partial charge in [-0.25, -0.2) is 0 Å². The van der Waals surface area contributed by atoms with E-state index in [-0.39, 0.29) is 25.5 Å². The fourth-order valence-corrected chi connectivity index (χ4v) is 4.53. The summed E-state index contributed by atoms with van der Waals surface area (Å²) in [6.07, 6.45) is -2.47. The minimum Gasteiger partial charge on any atom is -0.363 e. The maximum Gasteiger partial charge on any atom is 0.437 e. The summed E-state index contributed by atoms with van der Waals surface area (Å²) >= 11 is 6.02. The SMILES string of the molecule is O=C(c1conc1C(F)(F)F)N1CCN2C(=O)c3cccn3CC12c1ccc(Cl)cc1. The molecule has 0 saturated carbocycles. The molecule has 2 aliphatic heterocycles. The number of rotatable bonds is 2. The molecule has 31 heavy (non-hydrogen) atoms. The molecule has 0 N–H and O–H groups in total. The summed E-state index contributed by atoms with van der Waals surface area (Å²) in [5, 5.41) is 3.43. The first-order valence-electron chi connectivity index (χ1n) is 9.30. The minimum atomic E-state index is -4.86. The smallest absolute Gasteiger partial charge is 0.363 e. The zero-order chi connectivity index (χ0) is 22.0. The molecule has 2 aliphatic rings. The molecule has 4 heterocycles. The van der Waals surface area contributed by atoms with Gasteiger partial charge in [-0.05, 0) is 24.3 Å². The lowest BCUT2D eigenvalue weighted by molar-refractivity contribution is -0.143. The van der Waals surface area contributed by atoms with Gasteiger partial charge in [0.15, 0.2) is 11.4 Å². The van der Waals surface area contributed by atoms with Gasteiger partial charge in [0.25, 0.3) is 11.8 Å². The lowest BCUT2D eigenvalue weighted by Crippen LogP contribution is -2.60. The van der Waals surface area contributed by atoms with Gasteiger partial charge < -0.3 is 18.9 Å². The van der Waals surface area contributed by atoms with Crippen LogP contribution < -0.4 is 0 Å². The quantitative estimate of drug-likeness (QED) is 0.598. The molecular weight excluding hydrogens is 437 g/mol. The van der Waals surface area contributed by atoms with Gasteiger partial charge in [0.05, 0.1) is 6.54 Å². The first kappa shape index (κ1) is 19.7. The third-order valence-electron chi connectivity index (χ3n) is 5.75. The first-order chi connectivity index (χ1) is 14.7. The van der Waals surface area contributed by atoms with Crippen LogP contribution in [0.2, 0.25) is 5.02 Å². The van der Waals surface area contributed by atoms with Crippen molar-refractivity contribution in [2.75, 3.05) is 13.1 Å². The number of nitrogens with zero attached hydrogens (tertiary/aromatic N) is 4. The van der Waals surface area contributed by atoms with Crippen LogP contribution in [-0.4, -0.2) is 44.4 Å². The lowest BCUT2D eigenvalue weighted by Gasteiger charge is -2.47. The Morgan fingerprint density at radius 2 is 1.90 bits per heavy atom. The average Bonchev–Trinajstić information content (AvgIpc) is 3.46. The molecule has 1 atom stereocenters. The molecule has 160 valence electrons. The van der Waals surface area contributed by atoms with Gasteiger partial charge in [-0.3, -0.25) is 9.59 Å². The molecule has 0 radical (unpaired) electrons. The molecule has 7 nitrogen and oxygen atoms in total. The predicted octanol–water partition coefficient (Wildman–Crippen LogP) is 3.61. The highest BCUT2D eigenvalue weighted by Crippen LogP contribution is 2.44. The van der Waals surface area contributed by atoms with Crippen molar-refractivity contribution in [3.8, 4) is 0 Å². The largest absolute Gasteiger partial charge is 0.437 e. The van der Waals surface area contributed by atoms with E-state index in [2.05, 4.69) is 9.68 Å². The van der Waals surface area contributed by atoms with Crippen molar-refractivity contribution in [1.82, 2.24) is 19.5 Å². The number of alkyl halides is 3. The highest BCUT2D eigenvalue weighted by atomic mass is 35.5. The first-order valence-corrected chi connectivity index (χ1v) is 9.68. The Labute approximate surface area is 178 Å². The Morgan fingerprint density at radius 3 is 2.61 bits per heavy atom. The molecule has 2 amide bonds. The van der Waals surface area contributed by atoms with Crippen molar-refractivity contribution in [2.45, 2.75) is 18.4 Å². The highest BCUT2D eigenvalue weighted by Gasteiger charge is 2.57. The lowest BCUT2D eigenvalue weighted by atomic mass is 9.93. The van der Waals surface area contributed by atoms with Gasteiger partial charge >= 0.3 is 6.18 Å². The standard InChI is InChI=1S/C20H14ClF3N4O3/c21-13-5-3-12(4-6-13)19-11-26-7-1-2-15(26)18(30)28(19)9-8-27(19)17(29)14-10-31-25-16(14)20(22,23)24/h1-7,10H,8-9,11H2. The number of hydrogen-bond acceptors (Lipinski definition) is 4. The van der Waals surface area contributed by atoms with Crippen LogP contribution >= 0.6 is 11.6 Å². The molecule has 1 saturated heterocycles. The molecule has 0 aliphatic carbocycles. The number of hydrogen-bond donors (Lipinski definition) is 0. The molecule has 1 unspecified atom stereocenters. The molecule has 2 aromatic heterocycles. The van der Waals surface area contributed by atoms with Crippen LogP contribution in [0.1, 0.15) is 32.1 Å². The minimum absolute atomic E-state index is 0.0422. The maximum atomic E-state index is 13.4. The van der Waals surface area contributed by atoms with E-state index in [1.807, 2.05) is 0 Å². The van der Waals surface area contributed by atoms with E-state index in [0.717, 1.165) is 0 Å². The summed E-state index contributed by atoms with van der Waals surface area (Å²) in [6, 6.07) is 9.93. The van der Waals surface area contributed by atoms with Crippen molar-refractivity contribution < 1.29 is 27.3 Å². The maximum absolute atomic E-state index is 13.4. The Hall–Kier alpha value is -3.27. The van der Waals surface area contributed by atoms with Gasteiger partial charge in [0.1, 0.15) is 17.5 Å². The third-order valence-corrected chi connectivity index (χ3v) is 6.00. The van der Waals surface area contributed by atoms with E-state index in [0.29, 0.717) is 22.5 Å². The van der Waals surface area contributed by atoms with Crippen molar-refractivity contribution >= 4 is 23.4 Å². The van der Waals surface area contributed by atoms with Crippen LogP contribution in [0.25, 0.3) is 0 Å². The summed E-state index contributed by atoms with van der Waals surface area (Å²) in [5.74, 6) is -1.24. The van der Waals surface area contributed by atoms with Crippen molar-refractivity contribution in [1.29, 1.82) is 0 Å². The Bertz CT molecular complexity index is 1190. The van der Waals surface area contributed by atoms with Gasteiger partial charge in [0.2, 0.25) is 0 Å². The molecule has 5 rings (SSSR count). The molecule has 0 bridgehead atoms. The zero-order valence-electron chi connectivity index (χ0n) is 15.8. The molecule has 0 spiro atoms. The normalized spacial score (nSPS) is 20.7. The molecule has 1 fully saturated rings. The van der Waals surface area contributed by atoms with Crippen LogP contribution in [-0.2, 0) is 18.4 Å². The number of aromatic nitrogens is 2. The number of amides is 2. The van der Waals surface area contributed by atoms with Crippen molar-refractivity contribution in [2.24, 2.45) is 0 Å². The van der Waals surface area contributed by atoms with Gasteiger partial charge in [-0.2, -0.15) is 13.2 Å².